The molecule has 0 spiro atoms. The van der Waals surface area contributed by atoms with Gasteiger partial charge in [-0.05, 0) is 49.2 Å². The molecule has 3 rings (SSSR count). The fourth-order valence-electron chi connectivity index (χ4n) is 2.61. The fraction of sp³-hybridized carbons (Fsp3) is 0.200. The molecule has 3 aromatic rings. The van der Waals surface area contributed by atoms with Crippen LogP contribution < -0.4 is 9.47 Å². The molecular weight excluding hydrogens is 318 g/mol. The Labute approximate surface area is 145 Å². The number of carbonyl (C=O) groups is 1. The van der Waals surface area contributed by atoms with Crippen LogP contribution in [0.5, 0.6) is 11.5 Å². The number of hydrogen-bond donors (Lipinski definition) is 0. The van der Waals surface area contributed by atoms with Gasteiger partial charge in [-0.15, -0.1) is 0 Å². The SMILES string of the molecule is COc1cc(C#N)ccc1OC(=O)Cc1coc2cc(C)c(C)cc12. The number of fused-ring (bicyclic) bond motifs is 1. The Morgan fingerprint density at radius 3 is 2.64 bits per heavy atom. The summed E-state index contributed by atoms with van der Waals surface area (Å²) in [6.07, 6.45) is 1.67. The molecule has 0 aliphatic heterocycles. The number of ether oxygens (including phenoxy) is 2. The van der Waals surface area contributed by atoms with Crippen molar-refractivity contribution < 1.29 is 18.7 Å². The first-order chi connectivity index (χ1) is 12.0. The van der Waals surface area contributed by atoms with E-state index in [0.29, 0.717) is 11.3 Å². The van der Waals surface area contributed by atoms with Crippen molar-refractivity contribution in [2.24, 2.45) is 0 Å². The van der Waals surface area contributed by atoms with Gasteiger partial charge in [-0.25, -0.2) is 0 Å². The summed E-state index contributed by atoms with van der Waals surface area (Å²) in [6, 6.07) is 10.6. The van der Waals surface area contributed by atoms with Crippen molar-refractivity contribution in [2.45, 2.75) is 20.3 Å². The van der Waals surface area contributed by atoms with E-state index in [1.807, 2.05) is 32.0 Å². The molecule has 25 heavy (non-hydrogen) atoms. The minimum atomic E-state index is -0.427. The topological polar surface area (TPSA) is 72.5 Å². The van der Waals surface area contributed by atoms with Crippen LogP contribution in [0.25, 0.3) is 11.0 Å². The van der Waals surface area contributed by atoms with Crippen LogP contribution >= 0.6 is 0 Å². The van der Waals surface area contributed by atoms with E-state index < -0.39 is 5.97 Å². The zero-order chi connectivity index (χ0) is 18.0. The minimum Gasteiger partial charge on any atom is -0.493 e. The third-order valence-electron chi connectivity index (χ3n) is 4.12. The quantitative estimate of drug-likeness (QED) is 0.530. The van der Waals surface area contributed by atoms with Gasteiger partial charge in [0, 0.05) is 17.0 Å². The zero-order valence-electron chi connectivity index (χ0n) is 14.3. The predicted molar refractivity (Wildman–Crippen MR) is 92.7 cm³/mol. The largest absolute Gasteiger partial charge is 0.493 e. The Hall–Kier alpha value is -3.26. The van der Waals surface area contributed by atoms with Crippen molar-refractivity contribution in [2.75, 3.05) is 7.11 Å². The number of nitrogens with zero attached hydrogens (tertiary/aromatic N) is 1. The molecule has 0 fully saturated rings. The fourth-order valence-corrected chi connectivity index (χ4v) is 2.61. The summed E-state index contributed by atoms with van der Waals surface area (Å²) in [6.45, 7) is 4.04. The maximum absolute atomic E-state index is 12.3. The molecule has 0 aliphatic rings. The van der Waals surface area contributed by atoms with Crippen LogP contribution in [0.2, 0.25) is 0 Å². The Morgan fingerprint density at radius 2 is 1.92 bits per heavy atom. The molecule has 1 heterocycles. The number of rotatable bonds is 4. The number of nitriles is 1. The van der Waals surface area contributed by atoms with E-state index >= 15 is 0 Å². The average Bonchev–Trinajstić information content (AvgIpc) is 2.97. The second kappa shape index (κ2) is 6.70. The monoisotopic (exact) mass is 335 g/mol. The summed E-state index contributed by atoms with van der Waals surface area (Å²) >= 11 is 0. The standard InChI is InChI=1S/C20H17NO4/c1-12-6-16-15(11-24-18(16)7-13(12)2)9-20(22)25-17-5-4-14(10-21)8-19(17)23-3/h4-8,11H,9H2,1-3H3. The molecule has 0 saturated carbocycles. The van der Waals surface area contributed by atoms with Crippen molar-refractivity contribution in [3.63, 3.8) is 0 Å². The van der Waals surface area contributed by atoms with Crippen molar-refractivity contribution in [1.82, 2.24) is 0 Å². The summed E-state index contributed by atoms with van der Waals surface area (Å²) in [4.78, 5) is 12.3. The molecule has 0 N–H and O–H groups in total. The van der Waals surface area contributed by atoms with Gasteiger partial charge in [-0.2, -0.15) is 5.26 Å². The number of carbonyl (C=O) groups excluding carboxylic acids is 1. The highest BCUT2D eigenvalue weighted by Gasteiger charge is 2.15. The molecule has 2 aromatic carbocycles. The van der Waals surface area contributed by atoms with Crippen LogP contribution in [0.3, 0.4) is 0 Å². The minimum absolute atomic E-state index is 0.0820. The molecule has 0 atom stereocenters. The Morgan fingerprint density at radius 1 is 1.16 bits per heavy atom. The molecule has 0 bridgehead atoms. The first-order valence-electron chi connectivity index (χ1n) is 7.78. The third-order valence-corrected chi connectivity index (χ3v) is 4.12. The van der Waals surface area contributed by atoms with Crippen LogP contribution in [-0.2, 0) is 11.2 Å². The lowest BCUT2D eigenvalue weighted by atomic mass is 10.0. The summed E-state index contributed by atoms with van der Waals surface area (Å²) < 4.78 is 16.1. The Balaban J connectivity index is 1.82. The van der Waals surface area contributed by atoms with Crippen molar-refractivity contribution in [3.05, 3.63) is 58.8 Å². The molecule has 0 unspecified atom stereocenters. The van der Waals surface area contributed by atoms with Gasteiger partial charge in [-0.1, -0.05) is 0 Å². The summed E-state index contributed by atoms with van der Waals surface area (Å²) in [5.41, 5.74) is 4.23. The van der Waals surface area contributed by atoms with E-state index in [1.165, 1.54) is 13.2 Å². The summed E-state index contributed by atoms with van der Waals surface area (Å²) in [7, 11) is 1.46. The van der Waals surface area contributed by atoms with E-state index in [2.05, 4.69) is 0 Å². The predicted octanol–water partition coefficient (Wildman–Crippen LogP) is 4.08. The van der Waals surface area contributed by atoms with Crippen molar-refractivity contribution in [3.8, 4) is 17.6 Å². The molecule has 126 valence electrons. The molecule has 0 saturated heterocycles. The third kappa shape index (κ3) is 3.33. The highest BCUT2D eigenvalue weighted by Crippen LogP contribution is 2.29. The number of methoxy groups -OCH3 is 1. The van der Waals surface area contributed by atoms with Gasteiger partial charge < -0.3 is 13.9 Å². The van der Waals surface area contributed by atoms with Gasteiger partial charge in [0.1, 0.15) is 5.58 Å². The first kappa shape index (κ1) is 16.6. The normalized spacial score (nSPS) is 10.5. The smallest absolute Gasteiger partial charge is 0.315 e. The van der Waals surface area contributed by atoms with Crippen LogP contribution in [0.15, 0.2) is 41.0 Å². The zero-order valence-corrected chi connectivity index (χ0v) is 14.3. The van der Waals surface area contributed by atoms with Crippen LogP contribution in [-0.4, -0.2) is 13.1 Å². The van der Waals surface area contributed by atoms with E-state index in [4.69, 9.17) is 19.2 Å². The second-order valence-corrected chi connectivity index (χ2v) is 5.82. The summed E-state index contributed by atoms with van der Waals surface area (Å²) in [5, 5.41) is 9.83. The maximum atomic E-state index is 12.3. The van der Waals surface area contributed by atoms with Crippen LogP contribution in [0.1, 0.15) is 22.3 Å². The lowest BCUT2D eigenvalue weighted by molar-refractivity contribution is -0.133. The number of hydrogen-bond acceptors (Lipinski definition) is 5. The van der Waals surface area contributed by atoms with E-state index in [9.17, 15) is 4.79 Å². The van der Waals surface area contributed by atoms with Crippen molar-refractivity contribution >= 4 is 16.9 Å². The number of aryl methyl sites for hydroxylation is 2. The molecule has 5 heteroatoms. The number of esters is 1. The molecule has 0 amide bonds. The van der Waals surface area contributed by atoms with Gasteiger partial charge in [-0.3, -0.25) is 4.79 Å². The van der Waals surface area contributed by atoms with Crippen LogP contribution in [0.4, 0.5) is 0 Å². The lowest BCUT2D eigenvalue weighted by Gasteiger charge is -2.09. The van der Waals surface area contributed by atoms with E-state index in [0.717, 1.165) is 27.7 Å². The van der Waals surface area contributed by atoms with Gasteiger partial charge in [0.15, 0.2) is 11.5 Å². The maximum Gasteiger partial charge on any atom is 0.315 e. The van der Waals surface area contributed by atoms with Crippen molar-refractivity contribution in [1.29, 1.82) is 5.26 Å². The Kier molecular flexibility index (Phi) is 4.44. The second-order valence-electron chi connectivity index (χ2n) is 5.82. The van der Waals surface area contributed by atoms with E-state index in [-0.39, 0.29) is 12.2 Å². The first-order valence-corrected chi connectivity index (χ1v) is 7.78. The molecule has 0 aliphatic carbocycles. The highest BCUT2D eigenvalue weighted by atomic mass is 16.6. The molecule has 1 aromatic heterocycles. The molecule has 0 radical (unpaired) electrons. The van der Waals surface area contributed by atoms with Gasteiger partial charge >= 0.3 is 5.97 Å². The van der Waals surface area contributed by atoms with Crippen LogP contribution in [0, 0.1) is 25.2 Å². The molecular formula is C20H17NO4. The molecule has 5 nitrogen and oxygen atoms in total. The number of furan rings is 1. The van der Waals surface area contributed by atoms with Gasteiger partial charge in [0.2, 0.25) is 0 Å². The van der Waals surface area contributed by atoms with Gasteiger partial charge in [0.25, 0.3) is 0 Å². The Bertz CT molecular complexity index is 995. The number of benzene rings is 2. The highest BCUT2D eigenvalue weighted by molar-refractivity contribution is 5.87. The van der Waals surface area contributed by atoms with E-state index in [1.54, 1.807) is 18.4 Å². The lowest BCUT2D eigenvalue weighted by Crippen LogP contribution is -2.11. The summed E-state index contributed by atoms with van der Waals surface area (Å²) in [5.74, 6) is 0.200. The van der Waals surface area contributed by atoms with Gasteiger partial charge in [0.05, 0.1) is 31.4 Å². The average molecular weight is 335 g/mol.